The largest absolute Gasteiger partial charge is 0.494 e. The van der Waals surface area contributed by atoms with Gasteiger partial charge in [-0.3, -0.25) is 0 Å². The van der Waals surface area contributed by atoms with E-state index in [1.165, 1.54) is 19.3 Å². The minimum atomic E-state index is -0.639. The standard InChI is InChI=1S/C17H28O3/c1-3-4-5-6-11-20-17-9-7-15(8-10-17)14(2)12-16(19)13-18/h7-10,14,16,18-19H,3-6,11-13H2,1-2H3. The van der Waals surface area contributed by atoms with Crippen LogP contribution in [0.1, 0.15) is 57.4 Å². The highest BCUT2D eigenvalue weighted by Gasteiger charge is 2.11. The number of aliphatic hydroxyl groups excluding tert-OH is 2. The minimum absolute atomic E-state index is 0.177. The van der Waals surface area contributed by atoms with Crippen LogP contribution < -0.4 is 4.74 Å². The van der Waals surface area contributed by atoms with Crippen molar-refractivity contribution in [1.29, 1.82) is 0 Å². The van der Waals surface area contributed by atoms with E-state index in [4.69, 9.17) is 9.84 Å². The monoisotopic (exact) mass is 280 g/mol. The molecule has 0 radical (unpaired) electrons. The zero-order valence-electron chi connectivity index (χ0n) is 12.7. The number of benzene rings is 1. The molecule has 3 heteroatoms. The molecule has 1 aromatic carbocycles. The van der Waals surface area contributed by atoms with Crippen LogP contribution in [0.25, 0.3) is 0 Å². The molecule has 0 aliphatic rings. The van der Waals surface area contributed by atoms with Crippen LogP contribution in [0.3, 0.4) is 0 Å². The van der Waals surface area contributed by atoms with Gasteiger partial charge in [-0.2, -0.15) is 0 Å². The Bertz CT molecular complexity index is 348. The Balaban J connectivity index is 2.35. The van der Waals surface area contributed by atoms with E-state index in [0.29, 0.717) is 6.42 Å². The molecule has 0 saturated heterocycles. The second-order valence-electron chi connectivity index (χ2n) is 5.45. The first-order valence-electron chi connectivity index (χ1n) is 7.69. The van der Waals surface area contributed by atoms with Crippen LogP contribution in [0.5, 0.6) is 5.75 Å². The quantitative estimate of drug-likeness (QED) is 0.645. The van der Waals surface area contributed by atoms with Gasteiger partial charge in [-0.25, -0.2) is 0 Å². The Kier molecular flexibility index (Phi) is 8.31. The van der Waals surface area contributed by atoms with Crippen molar-refractivity contribution in [3.8, 4) is 5.75 Å². The average molecular weight is 280 g/mol. The molecule has 20 heavy (non-hydrogen) atoms. The van der Waals surface area contributed by atoms with E-state index in [1.807, 2.05) is 24.3 Å². The lowest BCUT2D eigenvalue weighted by molar-refractivity contribution is 0.0835. The molecule has 2 N–H and O–H groups in total. The Morgan fingerprint density at radius 2 is 1.80 bits per heavy atom. The molecule has 0 aliphatic heterocycles. The van der Waals surface area contributed by atoms with Gasteiger partial charge in [-0.05, 0) is 36.5 Å². The first-order chi connectivity index (χ1) is 9.67. The fraction of sp³-hybridized carbons (Fsp3) is 0.647. The highest BCUT2D eigenvalue weighted by Crippen LogP contribution is 2.23. The summed E-state index contributed by atoms with van der Waals surface area (Å²) in [5.41, 5.74) is 1.16. The van der Waals surface area contributed by atoms with Crippen LogP contribution in [0, 0.1) is 0 Å². The van der Waals surface area contributed by atoms with E-state index >= 15 is 0 Å². The summed E-state index contributed by atoms with van der Waals surface area (Å²) in [5.74, 6) is 1.14. The third-order valence-electron chi connectivity index (χ3n) is 3.55. The SMILES string of the molecule is CCCCCCOc1ccc(C(C)CC(O)CO)cc1. The van der Waals surface area contributed by atoms with Gasteiger partial charge in [0.15, 0.2) is 0 Å². The lowest BCUT2D eigenvalue weighted by Gasteiger charge is -2.15. The first-order valence-corrected chi connectivity index (χ1v) is 7.69. The van der Waals surface area contributed by atoms with Crippen molar-refractivity contribution in [3.63, 3.8) is 0 Å². The Morgan fingerprint density at radius 1 is 1.10 bits per heavy atom. The van der Waals surface area contributed by atoms with Crippen molar-refractivity contribution in [2.24, 2.45) is 0 Å². The molecule has 0 heterocycles. The van der Waals surface area contributed by atoms with E-state index in [9.17, 15) is 5.11 Å². The summed E-state index contributed by atoms with van der Waals surface area (Å²) in [6, 6.07) is 8.04. The zero-order valence-corrected chi connectivity index (χ0v) is 12.7. The third-order valence-corrected chi connectivity index (χ3v) is 3.55. The number of hydrogen-bond donors (Lipinski definition) is 2. The second kappa shape index (κ2) is 9.78. The van der Waals surface area contributed by atoms with Crippen LogP contribution in [-0.4, -0.2) is 29.5 Å². The summed E-state index contributed by atoms with van der Waals surface area (Å²) in [5, 5.41) is 18.3. The molecule has 2 unspecified atom stereocenters. The van der Waals surface area contributed by atoms with E-state index in [0.717, 1.165) is 24.3 Å². The fourth-order valence-electron chi connectivity index (χ4n) is 2.23. The maximum atomic E-state index is 9.46. The summed E-state index contributed by atoms with van der Waals surface area (Å²) in [6.45, 7) is 4.86. The molecular formula is C17H28O3. The Morgan fingerprint density at radius 3 is 2.40 bits per heavy atom. The smallest absolute Gasteiger partial charge is 0.119 e. The first kappa shape index (κ1) is 17.0. The molecule has 1 aromatic rings. The summed E-state index contributed by atoms with van der Waals surface area (Å²) in [4.78, 5) is 0. The highest BCUT2D eigenvalue weighted by molar-refractivity contribution is 5.29. The van der Waals surface area contributed by atoms with Gasteiger partial charge >= 0.3 is 0 Å². The van der Waals surface area contributed by atoms with Gasteiger partial charge in [0, 0.05) is 0 Å². The molecule has 0 fully saturated rings. The second-order valence-corrected chi connectivity index (χ2v) is 5.45. The number of rotatable bonds is 10. The van der Waals surface area contributed by atoms with E-state index in [1.54, 1.807) is 0 Å². The van der Waals surface area contributed by atoms with Crippen LogP contribution >= 0.6 is 0 Å². The number of aliphatic hydroxyl groups is 2. The van der Waals surface area contributed by atoms with E-state index in [-0.39, 0.29) is 12.5 Å². The zero-order chi connectivity index (χ0) is 14.8. The van der Waals surface area contributed by atoms with Crippen molar-refractivity contribution >= 4 is 0 Å². The maximum Gasteiger partial charge on any atom is 0.119 e. The van der Waals surface area contributed by atoms with Crippen LogP contribution in [0.2, 0.25) is 0 Å². The molecule has 2 atom stereocenters. The van der Waals surface area contributed by atoms with E-state index < -0.39 is 6.10 Å². The van der Waals surface area contributed by atoms with Crippen molar-refractivity contribution in [2.75, 3.05) is 13.2 Å². The predicted molar refractivity (Wildman–Crippen MR) is 82.2 cm³/mol. The molecule has 0 saturated carbocycles. The van der Waals surface area contributed by atoms with Gasteiger partial charge in [0.1, 0.15) is 5.75 Å². The van der Waals surface area contributed by atoms with Gasteiger partial charge in [0.2, 0.25) is 0 Å². The lowest BCUT2D eigenvalue weighted by Crippen LogP contribution is -2.14. The average Bonchev–Trinajstić information content (AvgIpc) is 2.47. The summed E-state index contributed by atoms with van der Waals surface area (Å²) >= 11 is 0. The normalized spacial score (nSPS) is 14.0. The molecule has 0 aromatic heterocycles. The van der Waals surface area contributed by atoms with Crippen molar-refractivity contribution in [3.05, 3.63) is 29.8 Å². The van der Waals surface area contributed by atoms with Crippen molar-refractivity contribution < 1.29 is 14.9 Å². The number of ether oxygens (including phenoxy) is 1. The molecular weight excluding hydrogens is 252 g/mol. The van der Waals surface area contributed by atoms with Crippen LogP contribution in [-0.2, 0) is 0 Å². The maximum absolute atomic E-state index is 9.46. The Labute approximate surface area is 122 Å². The molecule has 0 aliphatic carbocycles. The predicted octanol–water partition coefficient (Wildman–Crippen LogP) is 3.49. The van der Waals surface area contributed by atoms with Gasteiger partial charge in [-0.1, -0.05) is 45.2 Å². The number of hydrogen-bond acceptors (Lipinski definition) is 3. The van der Waals surface area contributed by atoms with Crippen molar-refractivity contribution in [2.45, 2.75) is 58.0 Å². The summed E-state index contributed by atoms with van der Waals surface area (Å²) in [7, 11) is 0. The van der Waals surface area contributed by atoms with Gasteiger partial charge < -0.3 is 14.9 Å². The highest BCUT2D eigenvalue weighted by atomic mass is 16.5. The van der Waals surface area contributed by atoms with Crippen molar-refractivity contribution in [1.82, 2.24) is 0 Å². The van der Waals surface area contributed by atoms with Gasteiger partial charge in [0.05, 0.1) is 19.3 Å². The van der Waals surface area contributed by atoms with Gasteiger partial charge in [0.25, 0.3) is 0 Å². The minimum Gasteiger partial charge on any atom is -0.494 e. The van der Waals surface area contributed by atoms with Gasteiger partial charge in [-0.15, -0.1) is 0 Å². The molecule has 0 bridgehead atoms. The molecule has 0 amide bonds. The third kappa shape index (κ3) is 6.40. The molecule has 3 nitrogen and oxygen atoms in total. The molecule has 114 valence electrons. The van der Waals surface area contributed by atoms with Crippen LogP contribution in [0.4, 0.5) is 0 Å². The van der Waals surface area contributed by atoms with E-state index in [2.05, 4.69) is 13.8 Å². The summed E-state index contributed by atoms with van der Waals surface area (Å²) < 4.78 is 5.70. The Hall–Kier alpha value is -1.06. The topological polar surface area (TPSA) is 49.7 Å². The lowest BCUT2D eigenvalue weighted by atomic mass is 9.95. The van der Waals surface area contributed by atoms with Crippen LogP contribution in [0.15, 0.2) is 24.3 Å². The molecule has 1 rings (SSSR count). The summed E-state index contributed by atoms with van der Waals surface area (Å²) in [6.07, 6.45) is 4.78. The molecule has 0 spiro atoms. The number of unbranched alkanes of at least 4 members (excludes halogenated alkanes) is 3. The fourth-order valence-corrected chi connectivity index (χ4v) is 2.23.